The van der Waals surface area contributed by atoms with E-state index < -0.39 is 0 Å². The van der Waals surface area contributed by atoms with Crippen LogP contribution in [0.2, 0.25) is 0 Å². The highest BCUT2D eigenvalue weighted by molar-refractivity contribution is 5.28. The molecule has 1 aliphatic rings. The standard InChI is InChI=1S/C14H17N3O2/c18-11-5-3-4-10(8-11)9-13-16-14(17-19-13)12-6-1-2-7-15-12/h3-5,8,12,15,18H,1-2,6-7,9H2. The van der Waals surface area contributed by atoms with Crippen molar-refractivity contribution in [3.05, 3.63) is 41.5 Å². The summed E-state index contributed by atoms with van der Waals surface area (Å²) < 4.78 is 5.28. The number of nitrogens with zero attached hydrogens (tertiary/aromatic N) is 2. The van der Waals surface area contributed by atoms with Gasteiger partial charge in [0.1, 0.15) is 5.75 Å². The van der Waals surface area contributed by atoms with E-state index in [9.17, 15) is 5.11 Å². The molecule has 0 radical (unpaired) electrons. The van der Waals surface area contributed by atoms with E-state index in [1.54, 1.807) is 12.1 Å². The molecular weight excluding hydrogens is 242 g/mol. The largest absolute Gasteiger partial charge is 0.508 e. The van der Waals surface area contributed by atoms with Gasteiger partial charge in [0.05, 0.1) is 12.5 Å². The number of phenols is 1. The molecule has 100 valence electrons. The molecule has 0 amide bonds. The number of nitrogens with one attached hydrogen (secondary N) is 1. The summed E-state index contributed by atoms with van der Waals surface area (Å²) in [6.45, 7) is 1.01. The summed E-state index contributed by atoms with van der Waals surface area (Å²) in [6, 6.07) is 7.32. The van der Waals surface area contributed by atoms with Gasteiger partial charge in [-0.2, -0.15) is 4.98 Å². The lowest BCUT2D eigenvalue weighted by Crippen LogP contribution is -2.27. The quantitative estimate of drug-likeness (QED) is 0.884. The molecule has 5 nitrogen and oxygen atoms in total. The van der Waals surface area contributed by atoms with E-state index >= 15 is 0 Å². The van der Waals surface area contributed by atoms with Gasteiger partial charge in [0, 0.05) is 0 Å². The van der Waals surface area contributed by atoms with E-state index in [0.29, 0.717) is 12.3 Å². The summed E-state index contributed by atoms with van der Waals surface area (Å²) in [6.07, 6.45) is 4.03. The molecule has 0 saturated carbocycles. The lowest BCUT2D eigenvalue weighted by Gasteiger charge is -2.19. The maximum Gasteiger partial charge on any atom is 0.231 e. The zero-order valence-electron chi connectivity index (χ0n) is 10.7. The number of hydrogen-bond acceptors (Lipinski definition) is 5. The smallest absolute Gasteiger partial charge is 0.231 e. The molecule has 1 atom stereocenters. The molecule has 0 spiro atoms. The third-order valence-corrected chi connectivity index (χ3v) is 3.37. The molecule has 0 bridgehead atoms. The average Bonchev–Trinajstić information content (AvgIpc) is 2.88. The molecule has 1 saturated heterocycles. The van der Waals surface area contributed by atoms with Crippen LogP contribution < -0.4 is 5.32 Å². The van der Waals surface area contributed by atoms with Crippen LogP contribution in [0.5, 0.6) is 5.75 Å². The van der Waals surface area contributed by atoms with Crippen molar-refractivity contribution in [1.29, 1.82) is 0 Å². The van der Waals surface area contributed by atoms with Crippen molar-refractivity contribution < 1.29 is 9.63 Å². The maximum absolute atomic E-state index is 9.42. The maximum atomic E-state index is 9.42. The highest BCUT2D eigenvalue weighted by atomic mass is 16.5. The van der Waals surface area contributed by atoms with Crippen molar-refractivity contribution in [3.63, 3.8) is 0 Å². The van der Waals surface area contributed by atoms with Crippen LogP contribution in [0, 0.1) is 0 Å². The molecule has 1 aromatic carbocycles. The van der Waals surface area contributed by atoms with Crippen molar-refractivity contribution in [2.45, 2.75) is 31.7 Å². The van der Waals surface area contributed by atoms with Gasteiger partial charge >= 0.3 is 0 Å². The van der Waals surface area contributed by atoms with Crippen LogP contribution in [-0.2, 0) is 6.42 Å². The second-order valence-electron chi connectivity index (χ2n) is 4.90. The van der Waals surface area contributed by atoms with E-state index in [2.05, 4.69) is 15.5 Å². The van der Waals surface area contributed by atoms with E-state index in [-0.39, 0.29) is 11.8 Å². The van der Waals surface area contributed by atoms with Crippen LogP contribution in [0.1, 0.15) is 42.6 Å². The van der Waals surface area contributed by atoms with Gasteiger partial charge in [-0.05, 0) is 37.1 Å². The Morgan fingerprint density at radius 1 is 1.37 bits per heavy atom. The van der Waals surface area contributed by atoms with Gasteiger partial charge < -0.3 is 14.9 Å². The SMILES string of the molecule is Oc1cccc(Cc2nc(C3CCCCN3)no2)c1. The first kappa shape index (κ1) is 12.2. The number of benzene rings is 1. The minimum atomic E-state index is 0.218. The third-order valence-electron chi connectivity index (χ3n) is 3.37. The molecule has 5 heteroatoms. The Balaban J connectivity index is 1.70. The highest BCUT2D eigenvalue weighted by Crippen LogP contribution is 2.21. The zero-order chi connectivity index (χ0) is 13.1. The van der Waals surface area contributed by atoms with Gasteiger partial charge in [0.15, 0.2) is 5.82 Å². The molecular formula is C14H17N3O2. The number of hydrogen-bond donors (Lipinski definition) is 2. The Morgan fingerprint density at radius 3 is 3.11 bits per heavy atom. The Labute approximate surface area is 111 Å². The molecule has 1 unspecified atom stereocenters. The van der Waals surface area contributed by atoms with Crippen molar-refractivity contribution >= 4 is 0 Å². The molecule has 1 fully saturated rings. The van der Waals surface area contributed by atoms with Crippen molar-refractivity contribution in [2.24, 2.45) is 0 Å². The topological polar surface area (TPSA) is 71.2 Å². The number of rotatable bonds is 3. The first-order valence-corrected chi connectivity index (χ1v) is 6.65. The predicted octanol–water partition coefficient (Wildman–Crippen LogP) is 2.18. The molecule has 0 aliphatic carbocycles. The second kappa shape index (κ2) is 5.40. The predicted molar refractivity (Wildman–Crippen MR) is 69.8 cm³/mol. The molecule has 1 aliphatic heterocycles. The van der Waals surface area contributed by atoms with E-state index in [1.807, 2.05) is 12.1 Å². The number of piperidine rings is 1. The fourth-order valence-corrected chi connectivity index (χ4v) is 2.39. The van der Waals surface area contributed by atoms with Crippen molar-refractivity contribution in [1.82, 2.24) is 15.5 Å². The number of aromatic hydroxyl groups is 1. The van der Waals surface area contributed by atoms with Crippen LogP contribution in [0.15, 0.2) is 28.8 Å². The number of phenolic OH excluding ortho intramolecular Hbond substituents is 1. The van der Waals surface area contributed by atoms with Gasteiger partial charge in [-0.3, -0.25) is 0 Å². The first-order valence-electron chi connectivity index (χ1n) is 6.65. The van der Waals surface area contributed by atoms with Crippen LogP contribution in [0.3, 0.4) is 0 Å². The van der Waals surface area contributed by atoms with Crippen molar-refractivity contribution in [2.75, 3.05) is 6.54 Å². The molecule has 19 heavy (non-hydrogen) atoms. The molecule has 2 N–H and O–H groups in total. The summed E-state index contributed by atoms with van der Waals surface area (Å²) >= 11 is 0. The highest BCUT2D eigenvalue weighted by Gasteiger charge is 2.20. The lowest BCUT2D eigenvalue weighted by atomic mass is 10.0. The number of aromatic nitrogens is 2. The Morgan fingerprint density at radius 2 is 2.32 bits per heavy atom. The average molecular weight is 259 g/mol. The van der Waals surface area contributed by atoms with E-state index in [0.717, 1.165) is 24.4 Å². The van der Waals surface area contributed by atoms with E-state index in [4.69, 9.17) is 4.52 Å². The zero-order valence-corrected chi connectivity index (χ0v) is 10.7. The van der Waals surface area contributed by atoms with Crippen LogP contribution in [0.25, 0.3) is 0 Å². The molecule has 1 aromatic heterocycles. The summed E-state index contributed by atoms with van der Waals surface area (Å²) in [4.78, 5) is 4.44. The molecule has 2 heterocycles. The minimum absolute atomic E-state index is 0.218. The fourth-order valence-electron chi connectivity index (χ4n) is 2.39. The Kier molecular flexibility index (Phi) is 3.46. The first-order chi connectivity index (χ1) is 9.31. The lowest BCUT2D eigenvalue weighted by molar-refractivity contribution is 0.351. The second-order valence-corrected chi connectivity index (χ2v) is 4.90. The van der Waals surface area contributed by atoms with E-state index in [1.165, 1.54) is 12.8 Å². The summed E-state index contributed by atoms with van der Waals surface area (Å²) in [5.41, 5.74) is 0.965. The molecule has 3 rings (SSSR count). The Bertz CT molecular complexity index is 547. The van der Waals surface area contributed by atoms with Gasteiger partial charge in [0.25, 0.3) is 0 Å². The normalized spacial score (nSPS) is 19.5. The monoisotopic (exact) mass is 259 g/mol. The van der Waals surface area contributed by atoms with Crippen LogP contribution in [0.4, 0.5) is 0 Å². The van der Waals surface area contributed by atoms with Crippen LogP contribution >= 0.6 is 0 Å². The summed E-state index contributed by atoms with van der Waals surface area (Å²) in [5.74, 6) is 1.59. The minimum Gasteiger partial charge on any atom is -0.508 e. The fraction of sp³-hybridized carbons (Fsp3) is 0.429. The van der Waals surface area contributed by atoms with Crippen molar-refractivity contribution in [3.8, 4) is 5.75 Å². The third kappa shape index (κ3) is 2.93. The van der Waals surface area contributed by atoms with Gasteiger partial charge in [-0.25, -0.2) is 0 Å². The van der Waals surface area contributed by atoms with Gasteiger partial charge in [0.2, 0.25) is 5.89 Å². The Hall–Kier alpha value is -1.88. The van der Waals surface area contributed by atoms with Crippen LogP contribution in [-0.4, -0.2) is 21.8 Å². The summed E-state index contributed by atoms with van der Waals surface area (Å²) in [5, 5.41) is 16.9. The molecule has 2 aromatic rings. The van der Waals surface area contributed by atoms with Gasteiger partial charge in [-0.1, -0.05) is 23.7 Å². The summed E-state index contributed by atoms with van der Waals surface area (Å²) in [7, 11) is 0. The van der Waals surface area contributed by atoms with Gasteiger partial charge in [-0.15, -0.1) is 0 Å².